The molecule has 0 aromatic heterocycles. The molecule has 0 aliphatic rings. The van der Waals surface area contributed by atoms with Crippen molar-refractivity contribution >= 4 is 11.9 Å². The van der Waals surface area contributed by atoms with Crippen LogP contribution in [0.1, 0.15) is 19.3 Å². The Kier molecular flexibility index (Phi) is 8.95. The first-order valence-electron chi connectivity index (χ1n) is 5.01. The number of esters is 1. The second kappa shape index (κ2) is 8.61. The minimum absolute atomic E-state index is 0.00775. The topological polar surface area (TPSA) is 89.6 Å². The van der Waals surface area contributed by atoms with E-state index in [1.807, 2.05) is 0 Å². The number of carboxylic acids is 1. The van der Waals surface area contributed by atoms with Crippen LogP contribution in [-0.2, 0) is 14.3 Å². The third-order valence-corrected chi connectivity index (χ3v) is 1.72. The van der Waals surface area contributed by atoms with Gasteiger partial charge in [0.1, 0.15) is 6.04 Å². The molecule has 0 aromatic carbocycles. The van der Waals surface area contributed by atoms with Gasteiger partial charge in [0.2, 0.25) is 0 Å². The highest BCUT2D eigenvalue weighted by Crippen LogP contribution is 2.22. The lowest BCUT2D eigenvalue weighted by molar-refractivity contribution is -0.192. The molecule has 0 spiro atoms. The zero-order valence-electron chi connectivity index (χ0n) is 10.2. The van der Waals surface area contributed by atoms with E-state index in [1.54, 1.807) is 0 Å². The highest BCUT2D eigenvalue weighted by atomic mass is 19.4. The molecule has 0 bridgehead atoms. The summed E-state index contributed by atoms with van der Waals surface area (Å²) in [6.45, 7) is 0. The van der Waals surface area contributed by atoms with E-state index in [4.69, 9.17) is 15.6 Å². The zero-order chi connectivity index (χ0) is 16.6. The van der Waals surface area contributed by atoms with Crippen LogP contribution in [0.15, 0.2) is 0 Å². The number of ether oxygens (including phenoxy) is 1. The molecule has 0 saturated carbocycles. The summed E-state index contributed by atoms with van der Waals surface area (Å²) >= 11 is 0. The van der Waals surface area contributed by atoms with Crippen molar-refractivity contribution in [2.75, 3.05) is 7.11 Å². The Labute approximate surface area is 109 Å². The quantitative estimate of drug-likeness (QED) is 0.611. The Morgan fingerprint density at radius 1 is 1.20 bits per heavy atom. The first kappa shape index (κ1) is 20.8. The van der Waals surface area contributed by atoms with Gasteiger partial charge >= 0.3 is 24.3 Å². The van der Waals surface area contributed by atoms with Crippen LogP contribution in [0.2, 0.25) is 0 Å². The molecular formula is C9H13F6NO4. The Hall–Kier alpha value is -1.52. The molecular weight excluding hydrogens is 300 g/mol. The highest BCUT2D eigenvalue weighted by molar-refractivity contribution is 5.75. The number of hydrogen-bond acceptors (Lipinski definition) is 4. The SMILES string of the molecule is COC(=O)[C@H](N)CCCC(F)(F)F.O=C(O)C(F)(F)F. The van der Waals surface area contributed by atoms with Crippen molar-refractivity contribution in [1.29, 1.82) is 0 Å². The first-order chi connectivity index (χ1) is 8.81. The second-order valence-corrected chi connectivity index (χ2v) is 3.44. The van der Waals surface area contributed by atoms with E-state index in [0.29, 0.717) is 0 Å². The van der Waals surface area contributed by atoms with Gasteiger partial charge in [-0.05, 0) is 12.8 Å². The van der Waals surface area contributed by atoms with Crippen LogP contribution in [0.4, 0.5) is 26.3 Å². The van der Waals surface area contributed by atoms with Crippen molar-refractivity contribution in [3.63, 3.8) is 0 Å². The monoisotopic (exact) mass is 313 g/mol. The van der Waals surface area contributed by atoms with Crippen LogP contribution in [0.5, 0.6) is 0 Å². The number of alkyl halides is 6. The lowest BCUT2D eigenvalue weighted by atomic mass is 10.1. The molecule has 0 aromatic rings. The summed E-state index contributed by atoms with van der Waals surface area (Å²) in [6.07, 6.45) is -10.3. The maximum absolute atomic E-state index is 11.6. The van der Waals surface area contributed by atoms with Crippen molar-refractivity contribution in [2.45, 2.75) is 37.7 Å². The summed E-state index contributed by atoms with van der Waals surface area (Å²) in [4.78, 5) is 19.5. The molecule has 0 fully saturated rings. The number of methoxy groups -OCH3 is 1. The highest BCUT2D eigenvalue weighted by Gasteiger charge is 2.38. The molecule has 0 aliphatic heterocycles. The number of hydrogen-bond donors (Lipinski definition) is 2. The molecule has 0 radical (unpaired) electrons. The lowest BCUT2D eigenvalue weighted by Crippen LogP contribution is -2.31. The average molecular weight is 313 g/mol. The molecule has 0 amide bonds. The summed E-state index contributed by atoms with van der Waals surface area (Å²) in [6, 6.07) is -0.952. The number of halogens is 6. The van der Waals surface area contributed by atoms with Gasteiger partial charge in [-0.1, -0.05) is 0 Å². The van der Waals surface area contributed by atoms with E-state index in [1.165, 1.54) is 0 Å². The second-order valence-electron chi connectivity index (χ2n) is 3.44. The Morgan fingerprint density at radius 2 is 1.60 bits per heavy atom. The third kappa shape index (κ3) is 12.9. The lowest BCUT2D eigenvalue weighted by Gasteiger charge is -2.09. The molecule has 0 heterocycles. The van der Waals surface area contributed by atoms with Crippen molar-refractivity contribution in [2.24, 2.45) is 5.73 Å². The third-order valence-electron chi connectivity index (χ3n) is 1.72. The van der Waals surface area contributed by atoms with Crippen molar-refractivity contribution < 1.29 is 45.8 Å². The van der Waals surface area contributed by atoms with E-state index < -0.39 is 36.8 Å². The van der Waals surface area contributed by atoms with Gasteiger partial charge in [-0.25, -0.2) is 4.79 Å². The zero-order valence-corrected chi connectivity index (χ0v) is 10.2. The summed E-state index contributed by atoms with van der Waals surface area (Å²) < 4.78 is 70.9. The molecule has 5 nitrogen and oxygen atoms in total. The predicted octanol–water partition coefficient (Wildman–Crippen LogP) is 1.85. The molecule has 0 unspecified atom stereocenters. The van der Waals surface area contributed by atoms with Gasteiger partial charge in [-0.15, -0.1) is 0 Å². The minimum Gasteiger partial charge on any atom is -0.475 e. The van der Waals surface area contributed by atoms with Gasteiger partial charge < -0.3 is 15.6 Å². The van der Waals surface area contributed by atoms with Gasteiger partial charge in [-0.2, -0.15) is 26.3 Å². The van der Waals surface area contributed by atoms with E-state index in [9.17, 15) is 31.1 Å². The molecule has 0 saturated heterocycles. The Morgan fingerprint density at radius 3 is 1.85 bits per heavy atom. The number of nitrogens with two attached hydrogens (primary N) is 1. The number of carbonyl (C=O) groups is 2. The largest absolute Gasteiger partial charge is 0.490 e. The van der Waals surface area contributed by atoms with Crippen LogP contribution >= 0.6 is 0 Å². The molecule has 3 N–H and O–H groups in total. The fraction of sp³-hybridized carbons (Fsp3) is 0.778. The first-order valence-corrected chi connectivity index (χ1v) is 5.01. The van der Waals surface area contributed by atoms with Crippen LogP contribution in [-0.4, -0.2) is 42.5 Å². The number of aliphatic carboxylic acids is 1. The number of carbonyl (C=O) groups excluding carboxylic acids is 1. The van der Waals surface area contributed by atoms with Gasteiger partial charge in [-0.3, -0.25) is 4.79 Å². The van der Waals surface area contributed by atoms with Crippen LogP contribution < -0.4 is 5.73 Å². The van der Waals surface area contributed by atoms with Crippen molar-refractivity contribution in [3.05, 3.63) is 0 Å². The van der Waals surface area contributed by atoms with Gasteiger partial charge in [0.15, 0.2) is 0 Å². The van der Waals surface area contributed by atoms with E-state index in [-0.39, 0.29) is 12.8 Å². The summed E-state index contributed by atoms with van der Waals surface area (Å²) in [5.74, 6) is -3.44. The van der Waals surface area contributed by atoms with E-state index in [0.717, 1.165) is 7.11 Å². The predicted molar refractivity (Wildman–Crippen MR) is 53.6 cm³/mol. The van der Waals surface area contributed by atoms with Crippen molar-refractivity contribution in [3.8, 4) is 0 Å². The van der Waals surface area contributed by atoms with E-state index in [2.05, 4.69) is 4.74 Å². The van der Waals surface area contributed by atoms with Gasteiger partial charge in [0, 0.05) is 6.42 Å². The average Bonchev–Trinajstić information content (AvgIpc) is 2.25. The molecule has 20 heavy (non-hydrogen) atoms. The Balaban J connectivity index is 0. The normalized spacial score (nSPS) is 13.0. The number of carboxylic acid groups (broad SMARTS) is 1. The molecule has 0 rings (SSSR count). The summed E-state index contributed by atoms with van der Waals surface area (Å²) in [5.41, 5.74) is 5.22. The summed E-state index contributed by atoms with van der Waals surface area (Å²) in [5, 5.41) is 7.12. The molecule has 0 aliphatic carbocycles. The van der Waals surface area contributed by atoms with Crippen LogP contribution in [0.3, 0.4) is 0 Å². The fourth-order valence-corrected chi connectivity index (χ4v) is 0.792. The van der Waals surface area contributed by atoms with E-state index >= 15 is 0 Å². The summed E-state index contributed by atoms with van der Waals surface area (Å²) in [7, 11) is 1.14. The minimum atomic E-state index is -5.08. The van der Waals surface area contributed by atoms with Crippen LogP contribution in [0.25, 0.3) is 0 Å². The molecule has 11 heteroatoms. The molecule has 120 valence electrons. The number of rotatable bonds is 4. The maximum Gasteiger partial charge on any atom is 0.490 e. The smallest absolute Gasteiger partial charge is 0.475 e. The van der Waals surface area contributed by atoms with Gasteiger partial charge in [0.05, 0.1) is 7.11 Å². The van der Waals surface area contributed by atoms with Crippen LogP contribution in [0, 0.1) is 0 Å². The maximum atomic E-state index is 11.6. The van der Waals surface area contributed by atoms with Crippen molar-refractivity contribution in [1.82, 2.24) is 0 Å². The standard InChI is InChI=1S/C7H12F3NO2.C2HF3O2/c1-13-6(12)5(11)3-2-4-7(8,9)10;3-2(4,5)1(6)7/h5H,2-4,11H2,1H3;(H,6,7)/t5-;/m1./s1. The van der Waals surface area contributed by atoms with Gasteiger partial charge in [0.25, 0.3) is 0 Å². The Bertz CT molecular complexity index is 315. The molecule has 1 atom stereocenters. The fourth-order valence-electron chi connectivity index (χ4n) is 0.792.